The van der Waals surface area contributed by atoms with Crippen LogP contribution in [0.2, 0.25) is 0 Å². The number of esters is 1. The van der Waals surface area contributed by atoms with Gasteiger partial charge in [-0.3, -0.25) is 14.4 Å². The van der Waals surface area contributed by atoms with E-state index in [0.717, 1.165) is 37.0 Å². The third-order valence-corrected chi connectivity index (χ3v) is 6.17. The van der Waals surface area contributed by atoms with Crippen LogP contribution in [0.4, 0.5) is 0 Å². The first-order valence-corrected chi connectivity index (χ1v) is 9.62. The van der Waals surface area contributed by atoms with E-state index in [9.17, 15) is 14.4 Å². The van der Waals surface area contributed by atoms with Crippen LogP contribution < -0.4 is 10.6 Å². The summed E-state index contributed by atoms with van der Waals surface area (Å²) >= 11 is 0. The highest BCUT2D eigenvalue weighted by molar-refractivity contribution is 5.88. The lowest BCUT2D eigenvalue weighted by Gasteiger charge is -2.56. The zero-order valence-electron chi connectivity index (χ0n) is 15.3. The highest BCUT2D eigenvalue weighted by atomic mass is 16.5. The summed E-state index contributed by atoms with van der Waals surface area (Å²) in [5, 5.41) is 5.19. The molecule has 4 fully saturated rings. The standard InChI is InChI=1S/C19H30N2O4/c1-3-20-18(24)12(2)21-16(22)11-25-17(23)10-19-7-13-4-14(8-19)6-15(5-13)9-19/h12-15H,3-11H2,1-2H3,(H,20,24)(H,21,22)/t12-,13?,14?,15?,19?/m0/s1. The fourth-order valence-electron chi connectivity index (χ4n) is 5.69. The SMILES string of the molecule is CCNC(=O)[C@H](C)NC(=O)COC(=O)CC12CC3CC(CC(C3)C1)C2. The monoisotopic (exact) mass is 350 g/mol. The molecule has 2 N–H and O–H groups in total. The molecular formula is C19H30N2O4. The summed E-state index contributed by atoms with van der Waals surface area (Å²) in [6.45, 7) is 3.63. The molecule has 6 nitrogen and oxygen atoms in total. The summed E-state index contributed by atoms with van der Waals surface area (Å²) in [4.78, 5) is 35.7. The van der Waals surface area contributed by atoms with E-state index in [1.165, 1.54) is 19.3 Å². The normalized spacial score (nSPS) is 33.6. The lowest BCUT2D eigenvalue weighted by molar-refractivity contribution is -0.155. The highest BCUT2D eigenvalue weighted by Crippen LogP contribution is 2.61. The van der Waals surface area contributed by atoms with Gasteiger partial charge in [0, 0.05) is 6.54 Å². The van der Waals surface area contributed by atoms with Gasteiger partial charge in [-0.25, -0.2) is 0 Å². The maximum absolute atomic E-state index is 12.3. The van der Waals surface area contributed by atoms with Gasteiger partial charge in [-0.05, 0) is 75.5 Å². The molecule has 25 heavy (non-hydrogen) atoms. The zero-order valence-corrected chi connectivity index (χ0v) is 15.3. The van der Waals surface area contributed by atoms with E-state index in [1.807, 2.05) is 6.92 Å². The van der Waals surface area contributed by atoms with E-state index in [0.29, 0.717) is 13.0 Å². The van der Waals surface area contributed by atoms with Crippen molar-refractivity contribution in [3.05, 3.63) is 0 Å². The molecule has 0 heterocycles. The van der Waals surface area contributed by atoms with Gasteiger partial charge in [0.15, 0.2) is 6.61 Å². The van der Waals surface area contributed by atoms with Crippen LogP contribution >= 0.6 is 0 Å². The molecule has 0 aromatic heterocycles. The van der Waals surface area contributed by atoms with Crippen LogP contribution in [0.3, 0.4) is 0 Å². The van der Waals surface area contributed by atoms with E-state index in [1.54, 1.807) is 6.92 Å². The molecule has 2 amide bonds. The molecule has 4 aliphatic rings. The van der Waals surface area contributed by atoms with Crippen LogP contribution in [0.15, 0.2) is 0 Å². The maximum Gasteiger partial charge on any atom is 0.306 e. The molecule has 0 unspecified atom stereocenters. The van der Waals surface area contributed by atoms with Gasteiger partial charge in [-0.15, -0.1) is 0 Å². The highest BCUT2D eigenvalue weighted by Gasteiger charge is 2.51. The van der Waals surface area contributed by atoms with Crippen molar-refractivity contribution in [2.45, 2.75) is 64.8 Å². The maximum atomic E-state index is 12.3. The number of ether oxygens (including phenoxy) is 1. The Morgan fingerprint density at radius 2 is 1.64 bits per heavy atom. The third kappa shape index (κ3) is 4.33. The van der Waals surface area contributed by atoms with E-state index >= 15 is 0 Å². The van der Waals surface area contributed by atoms with Crippen molar-refractivity contribution < 1.29 is 19.1 Å². The van der Waals surface area contributed by atoms with Crippen molar-refractivity contribution in [2.75, 3.05) is 13.2 Å². The second-order valence-electron chi connectivity index (χ2n) is 8.44. The van der Waals surface area contributed by atoms with Crippen LogP contribution in [0.1, 0.15) is 58.8 Å². The van der Waals surface area contributed by atoms with Crippen LogP contribution in [-0.2, 0) is 19.1 Å². The van der Waals surface area contributed by atoms with Gasteiger partial charge in [0.2, 0.25) is 5.91 Å². The minimum absolute atomic E-state index is 0.122. The average Bonchev–Trinajstić information content (AvgIpc) is 2.51. The molecule has 0 spiro atoms. The van der Waals surface area contributed by atoms with Gasteiger partial charge in [-0.1, -0.05) is 0 Å². The summed E-state index contributed by atoms with van der Waals surface area (Å²) in [5.74, 6) is 1.43. The second kappa shape index (κ2) is 7.34. The Bertz CT molecular complexity index is 510. The van der Waals surface area contributed by atoms with Gasteiger partial charge in [0.05, 0.1) is 6.42 Å². The van der Waals surface area contributed by atoms with Gasteiger partial charge in [0.1, 0.15) is 6.04 Å². The first kappa shape index (κ1) is 18.2. The summed E-state index contributed by atoms with van der Waals surface area (Å²) in [5.41, 5.74) is 0.122. The van der Waals surface area contributed by atoms with Crippen molar-refractivity contribution in [2.24, 2.45) is 23.2 Å². The Labute approximate surface area is 149 Å². The molecule has 140 valence electrons. The van der Waals surface area contributed by atoms with E-state index in [4.69, 9.17) is 4.74 Å². The minimum atomic E-state index is -0.630. The topological polar surface area (TPSA) is 84.5 Å². The Morgan fingerprint density at radius 3 is 2.16 bits per heavy atom. The lowest BCUT2D eigenvalue weighted by atomic mass is 9.49. The van der Waals surface area contributed by atoms with Gasteiger partial charge in [0.25, 0.3) is 5.91 Å². The van der Waals surface area contributed by atoms with E-state index < -0.39 is 11.9 Å². The number of hydrogen-bond acceptors (Lipinski definition) is 4. The van der Waals surface area contributed by atoms with E-state index in [2.05, 4.69) is 10.6 Å². The smallest absolute Gasteiger partial charge is 0.306 e. The van der Waals surface area contributed by atoms with Crippen LogP contribution in [0.25, 0.3) is 0 Å². The van der Waals surface area contributed by atoms with Crippen molar-refractivity contribution in [1.82, 2.24) is 10.6 Å². The summed E-state index contributed by atoms with van der Waals surface area (Å²) in [6, 6.07) is -0.630. The summed E-state index contributed by atoms with van der Waals surface area (Å²) in [7, 11) is 0. The van der Waals surface area contributed by atoms with Crippen LogP contribution in [0, 0.1) is 23.2 Å². The fraction of sp³-hybridized carbons (Fsp3) is 0.842. The first-order valence-electron chi connectivity index (χ1n) is 9.62. The molecule has 4 aliphatic carbocycles. The molecule has 0 aliphatic heterocycles. The van der Waals surface area contributed by atoms with Gasteiger partial charge < -0.3 is 15.4 Å². The molecule has 0 saturated heterocycles. The molecule has 0 aromatic carbocycles. The number of amides is 2. The number of nitrogens with one attached hydrogen (secondary N) is 2. The second-order valence-corrected chi connectivity index (χ2v) is 8.44. The first-order chi connectivity index (χ1) is 11.9. The van der Waals surface area contributed by atoms with E-state index in [-0.39, 0.29) is 23.9 Å². The number of likely N-dealkylation sites (N-methyl/N-ethyl adjacent to an activating group) is 1. The fourth-order valence-corrected chi connectivity index (χ4v) is 5.69. The van der Waals surface area contributed by atoms with Crippen molar-refractivity contribution in [3.8, 4) is 0 Å². The largest absolute Gasteiger partial charge is 0.456 e. The molecular weight excluding hydrogens is 320 g/mol. The predicted molar refractivity (Wildman–Crippen MR) is 92.5 cm³/mol. The summed E-state index contributed by atoms with van der Waals surface area (Å²) in [6.07, 6.45) is 7.91. The number of carbonyl (C=O) groups is 3. The van der Waals surface area contributed by atoms with Gasteiger partial charge in [-0.2, -0.15) is 0 Å². The molecule has 4 bridgehead atoms. The van der Waals surface area contributed by atoms with Crippen molar-refractivity contribution >= 4 is 17.8 Å². The molecule has 4 saturated carbocycles. The zero-order chi connectivity index (χ0) is 18.0. The predicted octanol–water partition coefficient (Wildman–Crippen LogP) is 1.78. The van der Waals surface area contributed by atoms with Crippen LogP contribution in [0.5, 0.6) is 0 Å². The Morgan fingerprint density at radius 1 is 1.08 bits per heavy atom. The Hall–Kier alpha value is -1.59. The quantitative estimate of drug-likeness (QED) is 0.686. The molecule has 6 heteroatoms. The molecule has 0 radical (unpaired) electrons. The Balaban J connectivity index is 1.42. The van der Waals surface area contributed by atoms with Gasteiger partial charge >= 0.3 is 5.97 Å². The molecule has 1 atom stereocenters. The lowest BCUT2D eigenvalue weighted by Crippen LogP contribution is -2.47. The van der Waals surface area contributed by atoms with Crippen LogP contribution in [-0.4, -0.2) is 37.0 Å². The number of hydrogen-bond donors (Lipinski definition) is 2. The number of rotatable bonds is 7. The molecule has 0 aromatic rings. The summed E-state index contributed by atoms with van der Waals surface area (Å²) < 4.78 is 5.20. The minimum Gasteiger partial charge on any atom is -0.456 e. The third-order valence-electron chi connectivity index (χ3n) is 6.17. The average molecular weight is 350 g/mol. The van der Waals surface area contributed by atoms with Crippen molar-refractivity contribution in [1.29, 1.82) is 0 Å². The molecule has 4 rings (SSSR count). The number of carbonyl (C=O) groups excluding carboxylic acids is 3. The van der Waals surface area contributed by atoms with Crippen molar-refractivity contribution in [3.63, 3.8) is 0 Å². The Kier molecular flexibility index (Phi) is 5.35.